The summed E-state index contributed by atoms with van der Waals surface area (Å²) in [5.41, 5.74) is 0. The Balaban J connectivity index is 1.49. The van der Waals surface area contributed by atoms with Gasteiger partial charge in [-0.1, -0.05) is 6.07 Å². The Morgan fingerprint density at radius 3 is 2.52 bits per heavy atom. The molecule has 1 aliphatic rings. The monoisotopic (exact) mass is 422 g/mol. The van der Waals surface area contributed by atoms with Gasteiger partial charge in [0.25, 0.3) is 5.91 Å². The Morgan fingerprint density at radius 2 is 1.83 bits per heavy atom. The quantitative estimate of drug-likeness (QED) is 0.639. The third-order valence-corrected chi connectivity index (χ3v) is 5.66. The molecule has 9 heteroatoms. The van der Waals surface area contributed by atoms with E-state index in [-0.39, 0.29) is 24.0 Å². The van der Waals surface area contributed by atoms with E-state index in [2.05, 4.69) is 4.90 Å². The molecule has 0 unspecified atom stereocenters. The molecule has 1 saturated heterocycles. The molecule has 0 radical (unpaired) electrons. The van der Waals surface area contributed by atoms with Gasteiger partial charge in [0, 0.05) is 45.0 Å². The van der Waals surface area contributed by atoms with Gasteiger partial charge in [-0.3, -0.25) is 9.69 Å². The van der Waals surface area contributed by atoms with Crippen molar-refractivity contribution in [3.05, 3.63) is 47.9 Å². The van der Waals surface area contributed by atoms with E-state index < -0.39 is 9.84 Å². The lowest BCUT2D eigenvalue weighted by Gasteiger charge is -2.34. The zero-order valence-electron chi connectivity index (χ0n) is 16.7. The maximum atomic E-state index is 12.7. The number of amides is 1. The van der Waals surface area contributed by atoms with E-state index in [0.717, 1.165) is 0 Å². The fourth-order valence-electron chi connectivity index (χ4n) is 3.04. The topological polar surface area (TPSA) is 89.3 Å². The van der Waals surface area contributed by atoms with Crippen LogP contribution in [0, 0.1) is 0 Å². The van der Waals surface area contributed by atoms with Crippen LogP contribution < -0.4 is 9.47 Å². The second kappa shape index (κ2) is 9.32. The van der Waals surface area contributed by atoms with Gasteiger partial charge in [0.1, 0.15) is 33.7 Å². The molecule has 0 N–H and O–H groups in total. The Bertz CT molecular complexity index is 932. The van der Waals surface area contributed by atoms with Crippen molar-refractivity contribution in [3.63, 3.8) is 0 Å². The summed E-state index contributed by atoms with van der Waals surface area (Å²) in [6.45, 7) is 3.08. The molecule has 2 heterocycles. The highest BCUT2D eigenvalue weighted by Crippen LogP contribution is 2.21. The van der Waals surface area contributed by atoms with Crippen LogP contribution in [0.15, 0.2) is 40.8 Å². The van der Waals surface area contributed by atoms with Crippen molar-refractivity contribution in [2.45, 2.75) is 6.61 Å². The first-order valence-corrected chi connectivity index (χ1v) is 11.4. The molecule has 1 aromatic heterocycles. The van der Waals surface area contributed by atoms with Crippen molar-refractivity contribution in [2.24, 2.45) is 0 Å². The lowest BCUT2D eigenvalue weighted by Crippen LogP contribution is -2.49. The second-order valence-electron chi connectivity index (χ2n) is 7.00. The number of benzene rings is 1. The molecule has 1 fully saturated rings. The Labute approximate surface area is 170 Å². The summed E-state index contributed by atoms with van der Waals surface area (Å²) in [4.78, 5) is 16.4. The fourth-order valence-corrected chi connectivity index (χ4v) is 3.63. The van der Waals surface area contributed by atoms with Crippen LogP contribution in [0.25, 0.3) is 0 Å². The molecule has 0 saturated carbocycles. The van der Waals surface area contributed by atoms with E-state index in [1.54, 1.807) is 30.2 Å². The molecule has 158 valence electrons. The third kappa shape index (κ3) is 6.23. The van der Waals surface area contributed by atoms with E-state index in [9.17, 15) is 13.2 Å². The molecule has 0 spiro atoms. The van der Waals surface area contributed by atoms with Gasteiger partial charge in [-0.05, 0) is 24.3 Å². The maximum Gasteiger partial charge on any atom is 0.289 e. The van der Waals surface area contributed by atoms with E-state index in [1.807, 2.05) is 18.2 Å². The zero-order chi connectivity index (χ0) is 20.9. The number of hydrogen-bond acceptors (Lipinski definition) is 7. The van der Waals surface area contributed by atoms with Crippen LogP contribution in [-0.4, -0.2) is 76.0 Å². The second-order valence-corrected chi connectivity index (χ2v) is 9.26. The van der Waals surface area contributed by atoms with Crippen molar-refractivity contribution in [1.82, 2.24) is 9.80 Å². The van der Waals surface area contributed by atoms with Gasteiger partial charge < -0.3 is 18.8 Å². The number of sulfone groups is 1. The molecule has 0 atom stereocenters. The Kier molecular flexibility index (Phi) is 6.81. The summed E-state index contributed by atoms with van der Waals surface area (Å²) in [7, 11) is -1.39. The van der Waals surface area contributed by atoms with Crippen LogP contribution in [0.4, 0.5) is 0 Å². The van der Waals surface area contributed by atoms with Crippen LogP contribution in [0.1, 0.15) is 16.3 Å². The standard InChI is InChI=1S/C20H26N2O6S/c1-26-16-4-3-5-17(14-16)27-15-18-6-7-19(28-18)20(23)22-10-8-21(9-11-22)12-13-29(2,24)25/h3-7,14H,8-13,15H2,1-2H3. The number of carbonyl (C=O) groups excluding carboxylic acids is 1. The molecule has 1 aliphatic heterocycles. The first kappa shape index (κ1) is 21.2. The van der Waals surface area contributed by atoms with Gasteiger partial charge >= 0.3 is 0 Å². The summed E-state index contributed by atoms with van der Waals surface area (Å²) >= 11 is 0. The summed E-state index contributed by atoms with van der Waals surface area (Å²) in [5, 5.41) is 0. The molecule has 0 bridgehead atoms. The van der Waals surface area contributed by atoms with Crippen LogP contribution in [0.5, 0.6) is 11.5 Å². The first-order valence-electron chi connectivity index (χ1n) is 9.39. The molecule has 3 rings (SSSR count). The molecule has 2 aromatic rings. The molecule has 1 amide bonds. The van der Waals surface area contributed by atoms with E-state index >= 15 is 0 Å². The molecule has 1 aromatic carbocycles. The number of hydrogen-bond donors (Lipinski definition) is 0. The van der Waals surface area contributed by atoms with Gasteiger partial charge in [-0.25, -0.2) is 8.42 Å². The third-order valence-electron chi connectivity index (χ3n) is 4.73. The number of piperazine rings is 1. The van der Waals surface area contributed by atoms with E-state index in [1.165, 1.54) is 6.26 Å². The zero-order valence-corrected chi connectivity index (χ0v) is 17.5. The minimum absolute atomic E-state index is 0.135. The molecule has 8 nitrogen and oxygen atoms in total. The average Bonchev–Trinajstić information content (AvgIpc) is 3.19. The highest BCUT2D eigenvalue weighted by Gasteiger charge is 2.24. The summed E-state index contributed by atoms with van der Waals surface area (Å²) in [5.74, 6) is 2.16. The number of rotatable bonds is 8. The lowest BCUT2D eigenvalue weighted by atomic mass is 10.3. The van der Waals surface area contributed by atoms with Gasteiger partial charge in [0.2, 0.25) is 0 Å². The minimum Gasteiger partial charge on any atom is -0.497 e. The van der Waals surface area contributed by atoms with Crippen molar-refractivity contribution in [2.75, 3.05) is 51.8 Å². The van der Waals surface area contributed by atoms with Crippen molar-refractivity contribution < 1.29 is 27.1 Å². The fraction of sp³-hybridized carbons (Fsp3) is 0.450. The molecule has 29 heavy (non-hydrogen) atoms. The summed E-state index contributed by atoms with van der Waals surface area (Å²) in [6.07, 6.45) is 1.24. The minimum atomic E-state index is -2.98. The van der Waals surface area contributed by atoms with E-state index in [0.29, 0.717) is 50.0 Å². The normalized spacial score (nSPS) is 15.3. The van der Waals surface area contributed by atoms with Crippen LogP contribution in [0.3, 0.4) is 0 Å². The maximum absolute atomic E-state index is 12.7. The van der Waals surface area contributed by atoms with Crippen molar-refractivity contribution in [3.8, 4) is 11.5 Å². The number of furan rings is 1. The summed E-state index contributed by atoms with van der Waals surface area (Å²) in [6, 6.07) is 10.6. The van der Waals surface area contributed by atoms with Gasteiger partial charge in [-0.2, -0.15) is 0 Å². The van der Waals surface area contributed by atoms with Gasteiger partial charge in [0.15, 0.2) is 5.76 Å². The van der Waals surface area contributed by atoms with Crippen LogP contribution in [-0.2, 0) is 16.4 Å². The highest BCUT2D eigenvalue weighted by atomic mass is 32.2. The smallest absolute Gasteiger partial charge is 0.289 e. The number of ether oxygens (including phenoxy) is 2. The van der Waals surface area contributed by atoms with E-state index in [4.69, 9.17) is 13.9 Å². The van der Waals surface area contributed by atoms with Crippen molar-refractivity contribution >= 4 is 15.7 Å². The van der Waals surface area contributed by atoms with Gasteiger partial charge in [-0.15, -0.1) is 0 Å². The average molecular weight is 423 g/mol. The summed E-state index contributed by atoms with van der Waals surface area (Å²) < 4.78 is 39.1. The van der Waals surface area contributed by atoms with Gasteiger partial charge in [0.05, 0.1) is 12.9 Å². The SMILES string of the molecule is COc1cccc(OCc2ccc(C(=O)N3CCN(CCS(C)(=O)=O)CC3)o2)c1. The lowest BCUT2D eigenvalue weighted by molar-refractivity contribution is 0.0609. The molecule has 0 aliphatic carbocycles. The highest BCUT2D eigenvalue weighted by molar-refractivity contribution is 7.90. The number of carbonyl (C=O) groups is 1. The Morgan fingerprint density at radius 1 is 1.10 bits per heavy atom. The number of nitrogens with zero attached hydrogens (tertiary/aromatic N) is 2. The molecular formula is C20H26N2O6S. The molecular weight excluding hydrogens is 396 g/mol. The predicted octanol–water partition coefficient (Wildman–Crippen LogP) is 1.67. The predicted molar refractivity (Wildman–Crippen MR) is 108 cm³/mol. The Hall–Kier alpha value is -2.52. The first-order chi connectivity index (χ1) is 13.8. The number of methoxy groups -OCH3 is 1. The van der Waals surface area contributed by atoms with Crippen LogP contribution in [0.2, 0.25) is 0 Å². The van der Waals surface area contributed by atoms with Crippen LogP contribution >= 0.6 is 0 Å². The van der Waals surface area contributed by atoms with Crippen molar-refractivity contribution in [1.29, 1.82) is 0 Å². The largest absolute Gasteiger partial charge is 0.497 e.